The number of carbonyl (C=O) groups excluding carboxylic acids is 6. The third-order valence-electron chi connectivity index (χ3n) is 8.89. The Hall–Kier alpha value is -5.16. The number of rotatable bonds is 14. The Labute approximate surface area is 405 Å². The summed E-state index contributed by atoms with van der Waals surface area (Å²) in [6.45, 7) is 5.54. The van der Waals surface area contributed by atoms with Gasteiger partial charge in [0.15, 0.2) is 11.6 Å². The number of carbonyl (C=O) groups is 6. The van der Waals surface area contributed by atoms with Crippen molar-refractivity contribution < 1.29 is 28.8 Å². The first-order chi connectivity index (χ1) is 30.2. The Morgan fingerprint density at radius 1 is 0.469 bits per heavy atom. The van der Waals surface area contributed by atoms with Gasteiger partial charge >= 0.3 is 0 Å². The normalized spacial score (nSPS) is 12.2. The van der Waals surface area contributed by atoms with Crippen LogP contribution in [0.1, 0.15) is 45.7 Å². The molecule has 0 bridgehead atoms. The second kappa shape index (κ2) is 21.7. The quantitative estimate of drug-likeness (QED) is 0.0484. The highest BCUT2D eigenvalue weighted by atomic mass is 35.5. The molecule has 5 aromatic rings. The maximum atomic E-state index is 13.5. The SMILES string of the molecule is CC(=O)C(N=Nc1cccc(C(=O)Nc2c(Cl)ccc(Cl)c2Cl)c1Cl)C(=O)Nc1cc(C)c(NC(=O)C(N=Nc2cccc(C(=O)Nc3c(Cl)ccc(Cl)c3Cl)c2Cl)C(C)=O)c(C)c1. The Bertz CT molecular complexity index is 2800. The Morgan fingerprint density at radius 3 is 1.23 bits per heavy atom. The monoisotopic (exact) mass is 1020 g/mol. The molecule has 14 nitrogen and oxygen atoms in total. The standard InChI is InChI=1S/C42H30Cl8N8O6/c1-17-15-21(51-41(63)35(19(3)59)57-55-28-9-5-7-22(30(28)47)39(61)53-37-26(45)13-11-24(43)32(37)49)16-18(2)34(17)52-42(64)36(20(4)60)58-56-29-10-6-8-23(31(29)48)40(62)54-38-27(46)14-12-25(44)33(38)50/h5-16,35-36H,1-4H3,(H,51,63)(H,52,64)(H,53,61)(H,54,62). The van der Waals surface area contributed by atoms with E-state index >= 15 is 0 Å². The predicted molar refractivity (Wildman–Crippen MR) is 253 cm³/mol. The van der Waals surface area contributed by atoms with E-state index in [9.17, 15) is 28.8 Å². The first-order valence-electron chi connectivity index (χ1n) is 18.2. The summed E-state index contributed by atoms with van der Waals surface area (Å²) in [5.74, 6) is -4.43. The number of benzene rings is 5. The summed E-state index contributed by atoms with van der Waals surface area (Å²) in [6.07, 6.45) is 0. The number of hydrogen-bond donors (Lipinski definition) is 4. The van der Waals surface area contributed by atoms with E-state index in [1.54, 1.807) is 13.8 Å². The fraction of sp³-hybridized carbons (Fsp3) is 0.143. The fourth-order valence-electron chi connectivity index (χ4n) is 5.70. The van der Waals surface area contributed by atoms with Crippen molar-refractivity contribution in [1.29, 1.82) is 0 Å². The summed E-state index contributed by atoms with van der Waals surface area (Å²) >= 11 is 49.9. The number of halogens is 8. The molecule has 330 valence electrons. The van der Waals surface area contributed by atoms with Crippen LogP contribution in [0.3, 0.4) is 0 Å². The summed E-state index contributed by atoms with van der Waals surface area (Å²) < 4.78 is 0. The molecular weight excluding hydrogens is 996 g/mol. The minimum atomic E-state index is -1.64. The minimum absolute atomic E-state index is 0.0137. The number of aryl methyl sites for hydroxylation is 2. The van der Waals surface area contributed by atoms with Crippen LogP contribution >= 0.6 is 92.8 Å². The summed E-state index contributed by atoms with van der Waals surface area (Å²) in [5, 5.41) is 26.6. The average molecular weight is 1030 g/mol. The number of amides is 4. The van der Waals surface area contributed by atoms with Gasteiger partial charge in [-0.05, 0) is 99.5 Å². The highest BCUT2D eigenvalue weighted by molar-refractivity contribution is 6.48. The van der Waals surface area contributed by atoms with E-state index < -0.39 is 47.3 Å². The van der Waals surface area contributed by atoms with Crippen LogP contribution in [0.4, 0.5) is 34.1 Å². The van der Waals surface area contributed by atoms with E-state index in [0.717, 1.165) is 13.8 Å². The molecule has 5 aromatic carbocycles. The molecule has 0 radical (unpaired) electrons. The third kappa shape index (κ3) is 11.7. The van der Waals surface area contributed by atoms with Crippen LogP contribution in [-0.2, 0) is 19.2 Å². The van der Waals surface area contributed by atoms with Crippen LogP contribution in [0.5, 0.6) is 0 Å². The maximum Gasteiger partial charge on any atom is 0.258 e. The molecule has 0 heterocycles. The summed E-state index contributed by atoms with van der Waals surface area (Å²) in [7, 11) is 0. The number of azo groups is 2. The molecule has 0 fully saturated rings. The first-order valence-corrected chi connectivity index (χ1v) is 21.2. The number of hydrogen-bond acceptors (Lipinski definition) is 10. The van der Waals surface area contributed by atoms with Crippen LogP contribution in [0, 0.1) is 13.8 Å². The Balaban J connectivity index is 1.28. The van der Waals surface area contributed by atoms with E-state index in [1.807, 2.05) is 0 Å². The lowest BCUT2D eigenvalue weighted by molar-refractivity contribution is -0.127. The molecular formula is C42H30Cl8N8O6. The van der Waals surface area contributed by atoms with Gasteiger partial charge in [0.2, 0.25) is 12.1 Å². The summed E-state index contributed by atoms with van der Waals surface area (Å²) in [6, 6.07) is 14.1. The number of ketones is 2. The van der Waals surface area contributed by atoms with Crippen molar-refractivity contribution in [1.82, 2.24) is 0 Å². The highest BCUT2D eigenvalue weighted by Gasteiger charge is 2.27. The number of Topliss-reactive ketones (excluding diaryl/α,β-unsaturated/α-hetero) is 2. The second-order valence-electron chi connectivity index (χ2n) is 13.5. The van der Waals surface area contributed by atoms with Crippen molar-refractivity contribution in [3.63, 3.8) is 0 Å². The largest absolute Gasteiger partial charge is 0.324 e. The van der Waals surface area contributed by atoms with E-state index in [1.165, 1.54) is 72.8 Å². The van der Waals surface area contributed by atoms with Crippen molar-refractivity contribution in [3.8, 4) is 0 Å². The van der Waals surface area contributed by atoms with E-state index in [-0.39, 0.29) is 79.7 Å². The van der Waals surface area contributed by atoms with E-state index in [4.69, 9.17) is 92.8 Å². The lowest BCUT2D eigenvalue weighted by Crippen LogP contribution is -2.33. The number of nitrogens with zero attached hydrogens (tertiary/aromatic N) is 4. The van der Waals surface area contributed by atoms with Gasteiger partial charge in [-0.2, -0.15) is 20.5 Å². The number of anilines is 4. The molecule has 0 saturated carbocycles. The van der Waals surface area contributed by atoms with Crippen LogP contribution in [-0.4, -0.2) is 47.3 Å². The topological polar surface area (TPSA) is 200 Å². The Morgan fingerprint density at radius 2 is 0.844 bits per heavy atom. The molecule has 4 amide bonds. The zero-order chi connectivity index (χ0) is 47.2. The van der Waals surface area contributed by atoms with Gasteiger partial charge in [-0.1, -0.05) is 105 Å². The van der Waals surface area contributed by atoms with E-state index in [2.05, 4.69) is 41.7 Å². The van der Waals surface area contributed by atoms with Crippen LogP contribution in [0.25, 0.3) is 0 Å². The zero-order valence-corrected chi connectivity index (χ0v) is 39.4. The van der Waals surface area contributed by atoms with Gasteiger partial charge in [-0.25, -0.2) is 0 Å². The van der Waals surface area contributed by atoms with Gasteiger partial charge < -0.3 is 21.3 Å². The van der Waals surface area contributed by atoms with Crippen molar-refractivity contribution in [2.75, 3.05) is 21.3 Å². The summed E-state index contributed by atoms with van der Waals surface area (Å²) in [4.78, 5) is 78.4. The molecule has 0 saturated heterocycles. The molecule has 0 aliphatic heterocycles. The van der Waals surface area contributed by atoms with Gasteiger partial charge in [0.05, 0.1) is 62.7 Å². The lowest BCUT2D eigenvalue weighted by atomic mass is 10.1. The molecule has 0 aliphatic rings. The fourth-order valence-corrected chi connectivity index (χ4v) is 7.45. The van der Waals surface area contributed by atoms with Gasteiger partial charge in [0, 0.05) is 11.4 Å². The average Bonchev–Trinajstić information content (AvgIpc) is 3.23. The third-order valence-corrected chi connectivity index (χ3v) is 11.9. The number of nitrogens with one attached hydrogen (secondary N) is 4. The smallest absolute Gasteiger partial charge is 0.258 e. The van der Waals surface area contributed by atoms with Gasteiger partial charge in [0.25, 0.3) is 23.6 Å². The van der Waals surface area contributed by atoms with Crippen molar-refractivity contribution in [2.45, 2.75) is 39.8 Å². The van der Waals surface area contributed by atoms with Crippen LogP contribution in [0.2, 0.25) is 40.2 Å². The minimum Gasteiger partial charge on any atom is -0.324 e. The molecule has 2 unspecified atom stereocenters. The zero-order valence-electron chi connectivity index (χ0n) is 33.3. The summed E-state index contributed by atoms with van der Waals surface area (Å²) in [5.41, 5.74) is 1.39. The van der Waals surface area contributed by atoms with Crippen molar-refractivity contribution in [2.24, 2.45) is 20.5 Å². The molecule has 22 heteroatoms. The molecule has 0 aromatic heterocycles. The Kier molecular flexibility index (Phi) is 16.9. The van der Waals surface area contributed by atoms with Crippen molar-refractivity contribution in [3.05, 3.63) is 135 Å². The molecule has 4 N–H and O–H groups in total. The highest BCUT2D eigenvalue weighted by Crippen LogP contribution is 2.39. The van der Waals surface area contributed by atoms with Crippen molar-refractivity contribution >= 4 is 162 Å². The van der Waals surface area contributed by atoms with Gasteiger partial charge in [-0.3, -0.25) is 28.8 Å². The van der Waals surface area contributed by atoms with E-state index in [0.29, 0.717) is 16.8 Å². The molecule has 0 spiro atoms. The van der Waals surface area contributed by atoms with Crippen LogP contribution < -0.4 is 21.3 Å². The van der Waals surface area contributed by atoms with Gasteiger partial charge in [-0.15, -0.1) is 0 Å². The lowest BCUT2D eigenvalue weighted by Gasteiger charge is -2.17. The van der Waals surface area contributed by atoms with Crippen LogP contribution in [0.15, 0.2) is 93.3 Å². The molecule has 2 atom stereocenters. The maximum absolute atomic E-state index is 13.5. The second-order valence-corrected chi connectivity index (χ2v) is 16.7. The molecule has 0 aliphatic carbocycles. The molecule has 64 heavy (non-hydrogen) atoms. The molecule has 5 rings (SSSR count). The predicted octanol–water partition coefficient (Wildman–Crippen LogP) is 13.4. The first kappa shape index (κ1) is 49.8. The van der Waals surface area contributed by atoms with Gasteiger partial charge in [0.1, 0.15) is 11.4 Å².